The molecule has 29 heavy (non-hydrogen) atoms. The fourth-order valence-corrected chi connectivity index (χ4v) is 2.81. The quantitative estimate of drug-likeness (QED) is 0.475. The Labute approximate surface area is 174 Å². The van der Waals surface area contributed by atoms with E-state index >= 15 is 0 Å². The number of aliphatic imine (C=N–C) groups is 1. The van der Waals surface area contributed by atoms with Gasteiger partial charge in [-0.3, -0.25) is 4.99 Å². The van der Waals surface area contributed by atoms with Gasteiger partial charge in [-0.05, 0) is 45.6 Å². The van der Waals surface area contributed by atoms with Crippen LogP contribution in [0.25, 0.3) is 0 Å². The van der Waals surface area contributed by atoms with E-state index in [1.807, 2.05) is 39.2 Å². The molecule has 2 rings (SSSR count). The second-order valence-electron chi connectivity index (χ2n) is 7.08. The molecule has 6 heteroatoms. The summed E-state index contributed by atoms with van der Waals surface area (Å²) in [6.07, 6.45) is 0. The van der Waals surface area contributed by atoms with Crippen LogP contribution in [-0.4, -0.2) is 51.8 Å². The fraction of sp³-hybridized carbons (Fsp3) is 0.435. The normalized spacial score (nSPS) is 11.4. The van der Waals surface area contributed by atoms with Gasteiger partial charge in [0.2, 0.25) is 0 Å². The van der Waals surface area contributed by atoms with Crippen LogP contribution in [0.15, 0.2) is 47.5 Å². The van der Waals surface area contributed by atoms with Crippen LogP contribution in [0.1, 0.15) is 23.6 Å². The van der Waals surface area contributed by atoms with Gasteiger partial charge in [0.15, 0.2) is 5.96 Å². The summed E-state index contributed by atoms with van der Waals surface area (Å²) in [5.74, 6) is 2.54. The maximum Gasteiger partial charge on any atom is 0.191 e. The number of para-hydroxylation sites is 1. The summed E-state index contributed by atoms with van der Waals surface area (Å²) in [7, 11) is 5.85. The Morgan fingerprint density at radius 1 is 0.966 bits per heavy atom. The van der Waals surface area contributed by atoms with Crippen molar-refractivity contribution in [3.05, 3.63) is 59.2 Å². The predicted molar refractivity (Wildman–Crippen MR) is 120 cm³/mol. The Bertz CT molecular complexity index is 790. The summed E-state index contributed by atoms with van der Waals surface area (Å²) in [5, 5.41) is 6.73. The average molecular weight is 399 g/mol. The van der Waals surface area contributed by atoms with Gasteiger partial charge in [-0.25, -0.2) is 0 Å². The van der Waals surface area contributed by atoms with Gasteiger partial charge in [-0.15, -0.1) is 0 Å². The minimum absolute atomic E-state index is 0.629. The Morgan fingerprint density at radius 3 is 2.31 bits per heavy atom. The van der Waals surface area contributed by atoms with Gasteiger partial charge < -0.3 is 25.0 Å². The molecule has 2 aromatic rings. The van der Waals surface area contributed by atoms with Crippen LogP contribution in [0, 0.1) is 6.92 Å². The largest absolute Gasteiger partial charge is 0.494 e. The lowest BCUT2D eigenvalue weighted by Gasteiger charge is -2.17. The topological polar surface area (TPSA) is 58.1 Å². The van der Waals surface area contributed by atoms with E-state index in [4.69, 9.17) is 9.47 Å². The molecule has 0 aromatic heterocycles. The summed E-state index contributed by atoms with van der Waals surface area (Å²) in [5.41, 5.74) is 3.39. The lowest BCUT2D eigenvalue weighted by molar-refractivity contribution is 0.259. The van der Waals surface area contributed by atoms with E-state index < -0.39 is 0 Å². The molecule has 0 heterocycles. The monoisotopic (exact) mass is 398 g/mol. The number of guanidine groups is 1. The number of ether oxygens (including phenoxy) is 2. The standard InChI is InChI=1S/C23H34N4O2/c1-6-28-22-15-18(2)11-12-20(22)17-26-23(24-3)25-16-19-9-7-8-10-21(19)29-14-13-27(4)5/h7-12,15H,6,13-14,16-17H2,1-5H3,(H2,24,25,26). The summed E-state index contributed by atoms with van der Waals surface area (Å²) < 4.78 is 11.7. The number of rotatable bonds is 10. The first-order chi connectivity index (χ1) is 14.0. The highest BCUT2D eigenvalue weighted by Crippen LogP contribution is 2.20. The van der Waals surface area contributed by atoms with Crippen LogP contribution in [0.5, 0.6) is 11.5 Å². The zero-order chi connectivity index (χ0) is 21.1. The highest BCUT2D eigenvalue weighted by molar-refractivity contribution is 5.79. The van der Waals surface area contributed by atoms with Crippen molar-refractivity contribution < 1.29 is 9.47 Å². The van der Waals surface area contributed by atoms with Crippen molar-refractivity contribution in [3.63, 3.8) is 0 Å². The number of aryl methyl sites for hydroxylation is 1. The molecule has 158 valence electrons. The third kappa shape index (κ3) is 7.66. The smallest absolute Gasteiger partial charge is 0.191 e. The van der Waals surface area contributed by atoms with E-state index in [2.05, 4.69) is 51.7 Å². The fourth-order valence-electron chi connectivity index (χ4n) is 2.81. The number of nitrogens with one attached hydrogen (secondary N) is 2. The van der Waals surface area contributed by atoms with Gasteiger partial charge in [0.05, 0.1) is 6.61 Å². The average Bonchev–Trinajstić information content (AvgIpc) is 2.70. The van der Waals surface area contributed by atoms with E-state index in [9.17, 15) is 0 Å². The first-order valence-corrected chi connectivity index (χ1v) is 10.1. The molecule has 0 spiro atoms. The molecule has 0 amide bonds. The minimum Gasteiger partial charge on any atom is -0.494 e. The van der Waals surface area contributed by atoms with E-state index in [1.165, 1.54) is 5.56 Å². The van der Waals surface area contributed by atoms with Crippen molar-refractivity contribution in [1.29, 1.82) is 0 Å². The molecule has 0 unspecified atom stereocenters. The van der Waals surface area contributed by atoms with E-state index in [0.717, 1.165) is 35.1 Å². The van der Waals surface area contributed by atoms with Gasteiger partial charge in [0, 0.05) is 37.8 Å². The second-order valence-corrected chi connectivity index (χ2v) is 7.08. The van der Waals surface area contributed by atoms with Crippen LogP contribution in [0.4, 0.5) is 0 Å². The van der Waals surface area contributed by atoms with Crippen molar-refractivity contribution in [2.45, 2.75) is 26.9 Å². The highest BCUT2D eigenvalue weighted by atomic mass is 16.5. The second kappa shape index (κ2) is 12.0. The van der Waals surface area contributed by atoms with Crippen LogP contribution < -0.4 is 20.1 Å². The molecule has 0 fully saturated rings. The Morgan fingerprint density at radius 2 is 1.66 bits per heavy atom. The summed E-state index contributed by atoms with van der Waals surface area (Å²) in [6.45, 7) is 7.51. The molecule has 0 atom stereocenters. The highest BCUT2D eigenvalue weighted by Gasteiger charge is 2.07. The number of hydrogen-bond acceptors (Lipinski definition) is 4. The molecule has 0 saturated carbocycles. The first-order valence-electron chi connectivity index (χ1n) is 10.1. The number of benzene rings is 2. The lowest BCUT2D eigenvalue weighted by Crippen LogP contribution is -2.36. The molecule has 0 aliphatic carbocycles. The third-order valence-corrected chi connectivity index (χ3v) is 4.41. The van der Waals surface area contributed by atoms with E-state index in [-0.39, 0.29) is 0 Å². The summed E-state index contributed by atoms with van der Waals surface area (Å²) in [6, 6.07) is 14.3. The van der Waals surface area contributed by atoms with Crippen molar-refractivity contribution in [3.8, 4) is 11.5 Å². The maximum absolute atomic E-state index is 5.94. The van der Waals surface area contributed by atoms with Gasteiger partial charge in [0.1, 0.15) is 18.1 Å². The Balaban J connectivity index is 1.93. The van der Waals surface area contributed by atoms with Crippen LogP contribution in [0.2, 0.25) is 0 Å². The molecule has 0 radical (unpaired) electrons. The molecule has 2 aromatic carbocycles. The van der Waals surface area contributed by atoms with Crippen LogP contribution in [-0.2, 0) is 13.1 Å². The first kappa shape index (κ1) is 22.6. The van der Waals surface area contributed by atoms with Gasteiger partial charge in [-0.1, -0.05) is 30.3 Å². The van der Waals surface area contributed by atoms with Crippen molar-refractivity contribution >= 4 is 5.96 Å². The summed E-state index contributed by atoms with van der Waals surface area (Å²) in [4.78, 5) is 6.44. The molecule has 0 aliphatic heterocycles. The molecular formula is C23H34N4O2. The summed E-state index contributed by atoms with van der Waals surface area (Å²) >= 11 is 0. The molecule has 0 bridgehead atoms. The molecule has 6 nitrogen and oxygen atoms in total. The SMILES string of the molecule is CCOc1cc(C)ccc1CNC(=NC)NCc1ccccc1OCCN(C)C. The van der Waals surface area contributed by atoms with Crippen molar-refractivity contribution in [1.82, 2.24) is 15.5 Å². The predicted octanol–water partition coefficient (Wildman–Crippen LogP) is 3.20. The number of likely N-dealkylation sites (N-methyl/N-ethyl adjacent to an activating group) is 1. The Hall–Kier alpha value is -2.73. The van der Waals surface area contributed by atoms with Crippen LogP contribution in [0.3, 0.4) is 0 Å². The molecule has 0 aliphatic rings. The van der Waals surface area contributed by atoms with E-state index in [0.29, 0.717) is 26.3 Å². The molecular weight excluding hydrogens is 364 g/mol. The number of nitrogens with zero attached hydrogens (tertiary/aromatic N) is 2. The number of hydrogen-bond donors (Lipinski definition) is 2. The van der Waals surface area contributed by atoms with Gasteiger partial charge >= 0.3 is 0 Å². The lowest BCUT2D eigenvalue weighted by atomic mass is 10.1. The third-order valence-electron chi connectivity index (χ3n) is 4.41. The molecule has 2 N–H and O–H groups in total. The minimum atomic E-state index is 0.629. The molecule has 0 saturated heterocycles. The maximum atomic E-state index is 5.94. The van der Waals surface area contributed by atoms with Gasteiger partial charge in [-0.2, -0.15) is 0 Å². The Kier molecular flexibility index (Phi) is 9.31. The van der Waals surface area contributed by atoms with Crippen molar-refractivity contribution in [2.75, 3.05) is 40.9 Å². The zero-order valence-corrected chi connectivity index (χ0v) is 18.3. The van der Waals surface area contributed by atoms with Crippen LogP contribution >= 0.6 is 0 Å². The van der Waals surface area contributed by atoms with Gasteiger partial charge in [0.25, 0.3) is 0 Å². The van der Waals surface area contributed by atoms with Crippen molar-refractivity contribution in [2.24, 2.45) is 4.99 Å². The van der Waals surface area contributed by atoms with E-state index in [1.54, 1.807) is 7.05 Å². The zero-order valence-electron chi connectivity index (χ0n) is 18.3.